The maximum Gasteiger partial charge on any atom is 0.434 e. The third-order valence-electron chi connectivity index (χ3n) is 5.18. The van der Waals surface area contributed by atoms with Crippen molar-refractivity contribution in [2.45, 2.75) is 39.3 Å². The Morgan fingerprint density at radius 3 is 2.86 bits per heavy atom. The summed E-state index contributed by atoms with van der Waals surface area (Å²) in [5, 5.41) is 20.6. The van der Waals surface area contributed by atoms with E-state index in [1.807, 2.05) is 13.8 Å². The first-order valence-corrected chi connectivity index (χ1v) is 9.37. The van der Waals surface area contributed by atoms with Gasteiger partial charge in [-0.3, -0.25) is 15.1 Å². The van der Waals surface area contributed by atoms with E-state index in [9.17, 15) is 14.9 Å². The summed E-state index contributed by atoms with van der Waals surface area (Å²) in [5.74, 6) is 0. The summed E-state index contributed by atoms with van der Waals surface area (Å²) < 4.78 is 6.51. The van der Waals surface area contributed by atoms with Crippen LogP contribution in [0.2, 0.25) is 0 Å². The Balaban J connectivity index is 1.79. The minimum Gasteiger partial charge on any atom is -0.448 e. The van der Waals surface area contributed by atoms with Crippen LogP contribution in [0.3, 0.4) is 0 Å². The second kappa shape index (κ2) is 6.93. The predicted molar refractivity (Wildman–Crippen MR) is 106 cm³/mol. The Hall–Kier alpha value is -3.33. The van der Waals surface area contributed by atoms with Crippen LogP contribution >= 0.6 is 0 Å². The average molecular weight is 395 g/mol. The zero-order valence-electron chi connectivity index (χ0n) is 16.4. The van der Waals surface area contributed by atoms with Gasteiger partial charge in [-0.15, -0.1) is 0 Å². The van der Waals surface area contributed by atoms with E-state index in [1.54, 1.807) is 25.3 Å². The van der Waals surface area contributed by atoms with Crippen LogP contribution < -0.4 is 5.32 Å². The number of benzene rings is 1. The van der Waals surface area contributed by atoms with Crippen LogP contribution in [0.4, 0.5) is 10.5 Å². The SMILES string of the molecule is CCOC(=O)n1nc(Cc2nccc3cc([N+](=O)[O-])ccc23)c2c1C(C)(C)NC2. The van der Waals surface area contributed by atoms with Gasteiger partial charge in [-0.05, 0) is 38.3 Å². The first-order chi connectivity index (χ1) is 13.8. The van der Waals surface area contributed by atoms with Gasteiger partial charge in [-0.2, -0.15) is 9.78 Å². The third kappa shape index (κ3) is 3.23. The number of aromatic nitrogens is 3. The maximum absolute atomic E-state index is 12.4. The minimum absolute atomic E-state index is 0.0353. The van der Waals surface area contributed by atoms with Gasteiger partial charge in [0.1, 0.15) is 0 Å². The van der Waals surface area contributed by atoms with Crippen molar-refractivity contribution in [1.29, 1.82) is 0 Å². The van der Waals surface area contributed by atoms with E-state index in [4.69, 9.17) is 4.74 Å². The highest BCUT2D eigenvalue weighted by Gasteiger charge is 2.38. The number of nitrogens with zero attached hydrogens (tertiary/aromatic N) is 4. The maximum atomic E-state index is 12.4. The smallest absolute Gasteiger partial charge is 0.434 e. The quantitative estimate of drug-likeness (QED) is 0.533. The Labute approximate surface area is 166 Å². The fraction of sp³-hybridized carbons (Fsp3) is 0.350. The number of hydrogen-bond acceptors (Lipinski definition) is 7. The molecule has 2 aromatic heterocycles. The van der Waals surface area contributed by atoms with E-state index in [0.29, 0.717) is 13.0 Å². The summed E-state index contributed by atoms with van der Waals surface area (Å²) in [7, 11) is 0. The lowest BCUT2D eigenvalue weighted by atomic mass is 9.99. The van der Waals surface area contributed by atoms with E-state index in [-0.39, 0.29) is 12.3 Å². The molecule has 3 heterocycles. The number of carbonyl (C=O) groups excluding carboxylic acids is 1. The Bertz CT molecular complexity index is 1140. The van der Waals surface area contributed by atoms with Gasteiger partial charge in [-0.1, -0.05) is 0 Å². The molecule has 0 unspecified atom stereocenters. The molecule has 0 saturated carbocycles. The highest BCUT2D eigenvalue weighted by molar-refractivity contribution is 5.86. The van der Waals surface area contributed by atoms with Crippen molar-refractivity contribution in [3.05, 3.63) is 63.2 Å². The lowest BCUT2D eigenvalue weighted by Gasteiger charge is -2.20. The number of nitro benzene ring substituents is 1. The predicted octanol–water partition coefficient (Wildman–Crippen LogP) is 3.27. The zero-order chi connectivity index (χ0) is 20.8. The Morgan fingerprint density at radius 1 is 1.34 bits per heavy atom. The molecule has 0 spiro atoms. The molecule has 1 aromatic carbocycles. The van der Waals surface area contributed by atoms with Crippen molar-refractivity contribution in [2.24, 2.45) is 0 Å². The third-order valence-corrected chi connectivity index (χ3v) is 5.18. The minimum atomic E-state index is -0.506. The lowest BCUT2D eigenvalue weighted by molar-refractivity contribution is -0.384. The molecular weight excluding hydrogens is 374 g/mol. The van der Waals surface area contributed by atoms with Gasteiger partial charge in [-0.25, -0.2) is 4.79 Å². The second-order valence-electron chi connectivity index (χ2n) is 7.46. The molecule has 9 nitrogen and oxygen atoms in total. The van der Waals surface area contributed by atoms with Gasteiger partial charge in [0.25, 0.3) is 5.69 Å². The summed E-state index contributed by atoms with van der Waals surface area (Å²) in [6.45, 7) is 6.60. The van der Waals surface area contributed by atoms with E-state index in [2.05, 4.69) is 15.4 Å². The van der Waals surface area contributed by atoms with Crippen LogP contribution in [-0.2, 0) is 23.2 Å². The van der Waals surface area contributed by atoms with Crippen LogP contribution in [0.25, 0.3) is 10.8 Å². The summed E-state index contributed by atoms with van der Waals surface area (Å²) >= 11 is 0. The normalized spacial score (nSPS) is 14.7. The van der Waals surface area contributed by atoms with E-state index >= 15 is 0 Å². The molecule has 0 fully saturated rings. The number of pyridine rings is 1. The number of nitro groups is 1. The van der Waals surface area contributed by atoms with Crippen LogP contribution in [0, 0.1) is 10.1 Å². The molecule has 1 aliphatic heterocycles. The first-order valence-electron chi connectivity index (χ1n) is 9.37. The molecule has 3 aromatic rings. The number of hydrogen-bond donors (Lipinski definition) is 1. The molecule has 0 atom stereocenters. The molecule has 9 heteroatoms. The lowest BCUT2D eigenvalue weighted by Crippen LogP contribution is -2.34. The van der Waals surface area contributed by atoms with Gasteiger partial charge in [0.05, 0.1) is 34.2 Å². The summed E-state index contributed by atoms with van der Waals surface area (Å²) in [4.78, 5) is 27.6. The van der Waals surface area contributed by atoms with Gasteiger partial charge in [0, 0.05) is 42.2 Å². The van der Waals surface area contributed by atoms with Crippen molar-refractivity contribution in [3.8, 4) is 0 Å². The largest absolute Gasteiger partial charge is 0.448 e. The van der Waals surface area contributed by atoms with E-state index in [1.165, 1.54) is 16.8 Å². The number of nitrogens with one attached hydrogen (secondary N) is 1. The van der Waals surface area contributed by atoms with Gasteiger partial charge in [0.2, 0.25) is 0 Å². The number of carbonyl (C=O) groups is 1. The van der Waals surface area contributed by atoms with Crippen molar-refractivity contribution >= 4 is 22.6 Å². The van der Waals surface area contributed by atoms with Crippen LogP contribution in [-0.4, -0.2) is 32.4 Å². The molecule has 0 aliphatic carbocycles. The molecular formula is C20H21N5O4. The van der Waals surface area contributed by atoms with Crippen LogP contribution in [0.5, 0.6) is 0 Å². The second-order valence-corrected chi connectivity index (χ2v) is 7.46. The number of non-ortho nitro benzene ring substituents is 1. The summed E-state index contributed by atoms with van der Waals surface area (Å²) in [6.07, 6.45) is 1.53. The number of ether oxygens (including phenoxy) is 1. The molecule has 0 radical (unpaired) electrons. The van der Waals surface area contributed by atoms with Crippen LogP contribution in [0.15, 0.2) is 30.5 Å². The number of fused-ring (bicyclic) bond motifs is 2. The molecule has 1 aliphatic rings. The van der Waals surface area contributed by atoms with Gasteiger partial charge in [0.15, 0.2) is 0 Å². The van der Waals surface area contributed by atoms with Crippen molar-refractivity contribution < 1.29 is 14.5 Å². The van der Waals surface area contributed by atoms with Crippen molar-refractivity contribution in [3.63, 3.8) is 0 Å². The van der Waals surface area contributed by atoms with Crippen LogP contribution in [0.1, 0.15) is 43.4 Å². The monoisotopic (exact) mass is 395 g/mol. The Morgan fingerprint density at radius 2 is 2.14 bits per heavy atom. The first kappa shape index (κ1) is 19.0. The molecule has 4 rings (SSSR count). The molecule has 29 heavy (non-hydrogen) atoms. The van der Waals surface area contributed by atoms with E-state index < -0.39 is 16.6 Å². The molecule has 0 amide bonds. The fourth-order valence-electron chi connectivity index (χ4n) is 3.82. The van der Waals surface area contributed by atoms with Gasteiger partial charge >= 0.3 is 6.09 Å². The molecule has 0 bridgehead atoms. The highest BCUT2D eigenvalue weighted by Crippen LogP contribution is 2.34. The molecule has 0 saturated heterocycles. The van der Waals surface area contributed by atoms with Crippen molar-refractivity contribution in [1.82, 2.24) is 20.1 Å². The van der Waals surface area contributed by atoms with Gasteiger partial charge < -0.3 is 10.1 Å². The molecule has 1 N–H and O–H groups in total. The molecule has 150 valence electrons. The average Bonchev–Trinajstić information content (AvgIpc) is 3.20. The summed E-state index contributed by atoms with van der Waals surface area (Å²) in [6, 6.07) is 6.46. The topological polar surface area (TPSA) is 112 Å². The zero-order valence-corrected chi connectivity index (χ0v) is 16.4. The fourth-order valence-corrected chi connectivity index (χ4v) is 3.82. The Kier molecular flexibility index (Phi) is 4.54. The number of rotatable bonds is 4. The highest BCUT2D eigenvalue weighted by atomic mass is 16.6. The van der Waals surface area contributed by atoms with E-state index in [0.717, 1.165) is 33.4 Å². The standard InChI is InChI=1S/C20H21N5O4/c1-4-29-19(26)24-18-15(11-22-20(18,2)3)17(23-24)10-16-14-6-5-13(25(27)28)9-12(14)7-8-21-16/h5-9,22H,4,10-11H2,1-3H3. The van der Waals surface area contributed by atoms with Crippen molar-refractivity contribution in [2.75, 3.05) is 6.61 Å². The summed E-state index contributed by atoms with van der Waals surface area (Å²) in [5.41, 5.74) is 2.86.